The summed E-state index contributed by atoms with van der Waals surface area (Å²) < 4.78 is 51.1. The minimum absolute atomic E-state index is 0.653. The Morgan fingerprint density at radius 1 is 0.958 bits per heavy atom. The molecule has 136 valence electrons. The number of unbranched alkanes of at least 4 members (excludes halogenated alkanes) is 1. The van der Waals surface area contributed by atoms with Crippen molar-refractivity contribution in [2.75, 3.05) is 0 Å². The van der Waals surface area contributed by atoms with Crippen LogP contribution in [0.3, 0.4) is 0 Å². The minimum Gasteiger partial charge on any atom is -0.206 e. The van der Waals surface area contributed by atoms with E-state index in [9.17, 15) is 17.6 Å². The average Bonchev–Trinajstić information content (AvgIpc) is 2.52. The second kappa shape index (κ2) is 8.87. The molecule has 0 bridgehead atoms. The van der Waals surface area contributed by atoms with Gasteiger partial charge < -0.3 is 0 Å². The lowest BCUT2D eigenvalue weighted by molar-refractivity contribution is -0.140. The molecule has 0 radical (unpaired) electrons. The Kier molecular flexibility index (Phi) is 7.12. The molecule has 24 heavy (non-hydrogen) atoms. The van der Waals surface area contributed by atoms with Crippen LogP contribution in [-0.4, -0.2) is 0 Å². The van der Waals surface area contributed by atoms with Crippen molar-refractivity contribution in [2.45, 2.75) is 77.3 Å². The SMILES string of the molecule is CCCC1CCC(CCCCc2ccc(C(F)(F)F)c(F)c2)CC1. The van der Waals surface area contributed by atoms with Crippen molar-refractivity contribution in [1.82, 2.24) is 0 Å². The molecule has 1 aromatic rings. The Bertz CT molecular complexity index is 499. The van der Waals surface area contributed by atoms with E-state index in [-0.39, 0.29) is 0 Å². The zero-order chi connectivity index (χ0) is 17.6. The van der Waals surface area contributed by atoms with Crippen LogP contribution in [0.15, 0.2) is 18.2 Å². The molecule has 1 aromatic carbocycles. The van der Waals surface area contributed by atoms with Gasteiger partial charge in [-0.2, -0.15) is 13.2 Å². The van der Waals surface area contributed by atoms with E-state index in [1.165, 1.54) is 51.0 Å². The number of benzene rings is 1. The number of rotatable bonds is 7. The van der Waals surface area contributed by atoms with Crippen molar-refractivity contribution in [2.24, 2.45) is 11.8 Å². The first-order valence-corrected chi connectivity index (χ1v) is 9.25. The van der Waals surface area contributed by atoms with Gasteiger partial charge in [-0.3, -0.25) is 0 Å². The molecule has 0 amide bonds. The van der Waals surface area contributed by atoms with Crippen molar-refractivity contribution in [3.05, 3.63) is 35.1 Å². The van der Waals surface area contributed by atoms with Gasteiger partial charge in [-0.15, -0.1) is 0 Å². The Balaban J connectivity index is 1.69. The van der Waals surface area contributed by atoms with Gasteiger partial charge in [0.05, 0.1) is 5.56 Å². The fraction of sp³-hybridized carbons (Fsp3) is 0.700. The van der Waals surface area contributed by atoms with Gasteiger partial charge in [0, 0.05) is 0 Å². The number of hydrogen-bond acceptors (Lipinski definition) is 0. The van der Waals surface area contributed by atoms with E-state index >= 15 is 0 Å². The Morgan fingerprint density at radius 2 is 1.58 bits per heavy atom. The molecule has 1 fully saturated rings. The van der Waals surface area contributed by atoms with Crippen LogP contribution in [0.1, 0.15) is 75.8 Å². The first-order chi connectivity index (χ1) is 11.4. The maximum atomic E-state index is 13.5. The molecular formula is C20H28F4. The highest BCUT2D eigenvalue weighted by Crippen LogP contribution is 2.34. The fourth-order valence-corrected chi connectivity index (χ4v) is 3.92. The number of alkyl halides is 3. The van der Waals surface area contributed by atoms with Crippen molar-refractivity contribution in [3.63, 3.8) is 0 Å². The van der Waals surface area contributed by atoms with Crippen LogP contribution >= 0.6 is 0 Å². The van der Waals surface area contributed by atoms with Crippen LogP contribution in [-0.2, 0) is 12.6 Å². The quantitative estimate of drug-likeness (QED) is 0.363. The average molecular weight is 344 g/mol. The molecule has 0 spiro atoms. The summed E-state index contributed by atoms with van der Waals surface area (Å²) >= 11 is 0. The third kappa shape index (κ3) is 5.78. The van der Waals surface area contributed by atoms with Crippen LogP contribution in [0.5, 0.6) is 0 Å². The van der Waals surface area contributed by atoms with E-state index < -0.39 is 17.6 Å². The zero-order valence-electron chi connectivity index (χ0n) is 14.5. The monoisotopic (exact) mass is 344 g/mol. The molecule has 0 heterocycles. The molecule has 0 N–H and O–H groups in total. The van der Waals surface area contributed by atoms with E-state index in [4.69, 9.17) is 0 Å². The smallest absolute Gasteiger partial charge is 0.206 e. The fourth-order valence-electron chi connectivity index (χ4n) is 3.92. The number of halogens is 4. The van der Waals surface area contributed by atoms with Crippen molar-refractivity contribution in [1.29, 1.82) is 0 Å². The van der Waals surface area contributed by atoms with E-state index in [0.29, 0.717) is 12.0 Å². The minimum atomic E-state index is -4.61. The molecule has 1 aliphatic carbocycles. The van der Waals surface area contributed by atoms with Crippen LogP contribution in [0.4, 0.5) is 17.6 Å². The molecule has 0 atom stereocenters. The lowest BCUT2D eigenvalue weighted by Crippen LogP contribution is -2.14. The summed E-state index contributed by atoms with van der Waals surface area (Å²) in [5, 5.41) is 0. The largest absolute Gasteiger partial charge is 0.419 e. The predicted molar refractivity (Wildman–Crippen MR) is 89.3 cm³/mol. The van der Waals surface area contributed by atoms with E-state index in [1.807, 2.05) is 0 Å². The first-order valence-electron chi connectivity index (χ1n) is 9.25. The highest BCUT2D eigenvalue weighted by atomic mass is 19.4. The Labute approximate surface area is 142 Å². The van der Waals surface area contributed by atoms with Crippen LogP contribution in [0.2, 0.25) is 0 Å². The maximum Gasteiger partial charge on any atom is 0.419 e. The molecule has 2 rings (SSSR count). The van der Waals surface area contributed by atoms with Gasteiger partial charge >= 0.3 is 6.18 Å². The van der Waals surface area contributed by atoms with Gasteiger partial charge in [-0.1, -0.05) is 64.4 Å². The summed E-state index contributed by atoms with van der Waals surface area (Å²) in [7, 11) is 0. The van der Waals surface area contributed by atoms with Crippen molar-refractivity contribution in [3.8, 4) is 0 Å². The molecule has 4 heteroatoms. The Hall–Kier alpha value is -1.06. The normalized spacial score (nSPS) is 21.9. The highest BCUT2D eigenvalue weighted by Gasteiger charge is 2.33. The predicted octanol–water partition coefficient (Wildman–Crippen LogP) is 7.16. The maximum absolute atomic E-state index is 13.5. The van der Waals surface area contributed by atoms with Crippen LogP contribution < -0.4 is 0 Å². The van der Waals surface area contributed by atoms with E-state index in [2.05, 4.69) is 6.92 Å². The van der Waals surface area contributed by atoms with Crippen LogP contribution in [0, 0.1) is 17.7 Å². The van der Waals surface area contributed by atoms with Crippen molar-refractivity contribution >= 4 is 0 Å². The molecule has 0 nitrogen and oxygen atoms in total. The standard InChI is InChI=1S/C20H28F4/c1-2-5-15-8-10-16(11-9-15)6-3-4-7-17-12-13-18(19(21)14-17)20(22,23)24/h12-16H,2-11H2,1H3. The van der Waals surface area contributed by atoms with Gasteiger partial charge in [0.2, 0.25) is 0 Å². The second-order valence-corrected chi connectivity index (χ2v) is 7.23. The third-order valence-corrected chi connectivity index (χ3v) is 5.33. The van der Waals surface area contributed by atoms with Gasteiger partial charge in [-0.25, -0.2) is 4.39 Å². The van der Waals surface area contributed by atoms with E-state index in [1.54, 1.807) is 0 Å². The number of aryl methyl sites for hydroxylation is 1. The summed E-state index contributed by atoms with van der Waals surface area (Å²) in [5.74, 6) is 0.568. The molecule has 0 aromatic heterocycles. The van der Waals surface area contributed by atoms with Crippen LogP contribution in [0.25, 0.3) is 0 Å². The van der Waals surface area contributed by atoms with Gasteiger partial charge in [0.15, 0.2) is 0 Å². The summed E-state index contributed by atoms with van der Waals surface area (Å²) in [6.45, 7) is 2.25. The summed E-state index contributed by atoms with van der Waals surface area (Å²) in [5.41, 5.74) is -0.512. The molecular weight excluding hydrogens is 316 g/mol. The zero-order valence-corrected chi connectivity index (χ0v) is 14.5. The lowest BCUT2D eigenvalue weighted by atomic mass is 9.78. The summed E-state index contributed by atoms with van der Waals surface area (Å²) in [6, 6.07) is 3.31. The molecule has 0 unspecified atom stereocenters. The number of hydrogen-bond donors (Lipinski definition) is 0. The molecule has 0 aliphatic heterocycles. The topological polar surface area (TPSA) is 0 Å². The third-order valence-electron chi connectivity index (χ3n) is 5.33. The van der Waals surface area contributed by atoms with Gasteiger partial charge in [0.25, 0.3) is 0 Å². The highest BCUT2D eigenvalue weighted by molar-refractivity contribution is 5.26. The van der Waals surface area contributed by atoms with Gasteiger partial charge in [0.1, 0.15) is 5.82 Å². The lowest BCUT2D eigenvalue weighted by Gasteiger charge is -2.28. The summed E-state index contributed by atoms with van der Waals surface area (Å²) in [4.78, 5) is 0. The first kappa shape index (κ1) is 19.3. The second-order valence-electron chi connectivity index (χ2n) is 7.23. The molecule has 1 aliphatic rings. The van der Waals surface area contributed by atoms with Gasteiger partial charge in [-0.05, 0) is 42.4 Å². The molecule has 0 saturated heterocycles. The van der Waals surface area contributed by atoms with Crippen molar-refractivity contribution < 1.29 is 17.6 Å². The Morgan fingerprint density at radius 3 is 2.12 bits per heavy atom. The van der Waals surface area contributed by atoms with E-state index in [0.717, 1.165) is 36.8 Å². The molecule has 1 saturated carbocycles. The summed E-state index contributed by atoms with van der Waals surface area (Å²) in [6.07, 6.45) is 7.20.